The van der Waals surface area contributed by atoms with Crippen LogP contribution >= 0.6 is 11.8 Å². The van der Waals surface area contributed by atoms with Crippen LogP contribution in [0.2, 0.25) is 0 Å². The maximum atomic E-state index is 14.6. The molecule has 1 saturated heterocycles. The van der Waals surface area contributed by atoms with Crippen molar-refractivity contribution in [2.45, 2.75) is 35.9 Å². The molecule has 0 atom stereocenters. The van der Waals surface area contributed by atoms with Crippen molar-refractivity contribution in [3.05, 3.63) is 23.8 Å². The number of carbonyl (C=O) groups excluding carboxylic acids is 1. The number of thioether (sulfide) groups is 1. The van der Waals surface area contributed by atoms with E-state index in [4.69, 9.17) is 4.74 Å². The Bertz CT molecular complexity index is 785. The highest BCUT2D eigenvalue weighted by molar-refractivity contribution is 8.01. The molecule has 1 fully saturated rings. The zero-order valence-electron chi connectivity index (χ0n) is 15.4. The quantitative estimate of drug-likeness (QED) is 0.231. The fourth-order valence-electron chi connectivity index (χ4n) is 2.40. The number of aliphatic hydroxyl groups is 8. The van der Waals surface area contributed by atoms with Gasteiger partial charge in [0.1, 0.15) is 5.69 Å². The van der Waals surface area contributed by atoms with E-state index < -0.39 is 67.8 Å². The van der Waals surface area contributed by atoms with Gasteiger partial charge in [-0.15, -0.1) is 0 Å². The van der Waals surface area contributed by atoms with Gasteiger partial charge in [-0.05, 0) is 29.8 Å². The first-order valence-corrected chi connectivity index (χ1v) is 8.98. The normalized spacial score (nSPS) is 21.4. The third kappa shape index (κ3) is 4.16. The van der Waals surface area contributed by atoms with E-state index in [0.29, 0.717) is 12.1 Å². The molecule has 1 aliphatic rings. The Morgan fingerprint density at radius 1 is 1.03 bits per heavy atom. The van der Waals surface area contributed by atoms with Gasteiger partial charge in [-0.2, -0.15) is 0 Å². The third-order valence-electron chi connectivity index (χ3n) is 3.82. The minimum absolute atomic E-state index is 0.0143. The SMILES string of the molecule is CC(C)COC(=O)Nc1cc(F)c(N2C(O)(O)C(O)(O)SC(O)(O)C2(O)O)c(F)c1. The zero-order valence-corrected chi connectivity index (χ0v) is 16.3. The molecule has 12 nitrogen and oxygen atoms in total. The van der Waals surface area contributed by atoms with Crippen LogP contribution < -0.4 is 10.2 Å². The molecule has 0 unspecified atom stereocenters. The van der Waals surface area contributed by atoms with Crippen molar-refractivity contribution in [1.82, 2.24) is 0 Å². The van der Waals surface area contributed by atoms with Crippen molar-refractivity contribution in [3.8, 4) is 0 Å². The molecule has 1 aromatic carbocycles. The minimum atomic E-state index is -4.26. The van der Waals surface area contributed by atoms with Crippen molar-refractivity contribution < 1.29 is 59.2 Å². The van der Waals surface area contributed by atoms with Gasteiger partial charge >= 0.3 is 17.9 Å². The summed E-state index contributed by atoms with van der Waals surface area (Å²) in [6, 6.07) is 0.769. The van der Waals surface area contributed by atoms with Gasteiger partial charge in [-0.1, -0.05) is 13.8 Å². The molecular weight excluding hydrogens is 438 g/mol. The molecule has 1 aromatic rings. The smallest absolute Gasteiger partial charge is 0.411 e. The minimum Gasteiger partial charge on any atom is -0.449 e. The first kappa shape index (κ1) is 24.4. The standard InChI is InChI=1S/C15H20F2N2O10S/c1-6(2)5-29-11(20)18-7-3-8(16)10(9(17)4-7)19-12(21,22)14(25,26)30-15(27,28)13(19,23)24/h3-4,6,21-28H,5H2,1-2H3,(H,18,20). The lowest BCUT2D eigenvalue weighted by Gasteiger charge is -2.56. The molecule has 1 aliphatic heterocycles. The van der Waals surface area contributed by atoms with E-state index in [2.05, 4.69) is 0 Å². The monoisotopic (exact) mass is 458 g/mol. The molecule has 15 heteroatoms. The van der Waals surface area contributed by atoms with Gasteiger partial charge in [0.15, 0.2) is 11.6 Å². The molecule has 0 saturated carbocycles. The van der Waals surface area contributed by atoms with Crippen LogP contribution in [0.4, 0.5) is 25.0 Å². The summed E-state index contributed by atoms with van der Waals surface area (Å²) >= 11 is -0.949. The lowest BCUT2D eigenvalue weighted by Crippen LogP contribution is -2.81. The first-order valence-electron chi connectivity index (χ1n) is 8.16. The molecule has 0 spiro atoms. The molecular formula is C15H20F2N2O10S. The Balaban J connectivity index is 2.50. The summed E-state index contributed by atoms with van der Waals surface area (Å²) in [6.07, 6.45) is -1.09. The topological polar surface area (TPSA) is 203 Å². The maximum Gasteiger partial charge on any atom is 0.411 e. The second kappa shape index (κ2) is 7.70. The van der Waals surface area contributed by atoms with Gasteiger partial charge in [0, 0.05) is 5.69 Å². The van der Waals surface area contributed by atoms with E-state index >= 15 is 0 Å². The van der Waals surface area contributed by atoms with Gasteiger partial charge in [-0.25, -0.2) is 13.6 Å². The summed E-state index contributed by atoms with van der Waals surface area (Å²) < 4.78 is 34.0. The average Bonchev–Trinajstić information content (AvgIpc) is 2.53. The molecule has 30 heavy (non-hydrogen) atoms. The number of benzene rings is 1. The predicted molar refractivity (Wildman–Crippen MR) is 94.9 cm³/mol. The Kier molecular flexibility index (Phi) is 6.28. The number of ether oxygens (including phenoxy) is 1. The molecule has 0 aromatic heterocycles. The van der Waals surface area contributed by atoms with Crippen LogP contribution in [-0.4, -0.2) is 75.6 Å². The first-order chi connectivity index (χ1) is 13.4. The lowest BCUT2D eigenvalue weighted by molar-refractivity contribution is -0.394. The van der Waals surface area contributed by atoms with Crippen molar-refractivity contribution in [1.29, 1.82) is 0 Å². The highest BCUT2D eigenvalue weighted by atomic mass is 32.2. The van der Waals surface area contributed by atoms with Crippen LogP contribution in [0.1, 0.15) is 13.8 Å². The van der Waals surface area contributed by atoms with Crippen molar-refractivity contribution in [2.75, 3.05) is 16.8 Å². The highest BCUT2D eigenvalue weighted by Gasteiger charge is 2.74. The van der Waals surface area contributed by atoms with Crippen LogP contribution in [0.3, 0.4) is 0 Å². The molecule has 2 rings (SSSR count). The molecule has 1 amide bonds. The number of hydrogen-bond acceptors (Lipinski definition) is 12. The summed E-state index contributed by atoms with van der Waals surface area (Å²) in [5, 5.41) is 72.6. The lowest BCUT2D eigenvalue weighted by atomic mass is 10.1. The van der Waals surface area contributed by atoms with Crippen molar-refractivity contribution in [3.63, 3.8) is 0 Å². The van der Waals surface area contributed by atoms with Gasteiger partial charge < -0.3 is 45.6 Å². The van der Waals surface area contributed by atoms with Gasteiger partial charge in [0.2, 0.25) is 0 Å². The Morgan fingerprint density at radius 2 is 1.47 bits per heavy atom. The fourth-order valence-corrected chi connectivity index (χ4v) is 3.26. The average molecular weight is 458 g/mol. The summed E-state index contributed by atoms with van der Waals surface area (Å²) in [4.78, 5) is 10.7. The molecule has 0 radical (unpaired) electrons. The Morgan fingerprint density at radius 3 is 1.87 bits per heavy atom. The summed E-state index contributed by atoms with van der Waals surface area (Å²) in [5.41, 5.74) is -2.26. The van der Waals surface area contributed by atoms with Crippen LogP contribution in [0.5, 0.6) is 0 Å². The Labute approximate surface area is 171 Å². The second-order valence-electron chi connectivity index (χ2n) is 6.83. The van der Waals surface area contributed by atoms with Crippen LogP contribution in [0, 0.1) is 17.6 Å². The number of amides is 1. The third-order valence-corrected chi connectivity index (χ3v) is 4.93. The van der Waals surface area contributed by atoms with E-state index in [1.807, 2.05) is 5.32 Å². The van der Waals surface area contributed by atoms with E-state index in [-0.39, 0.29) is 12.5 Å². The zero-order chi connectivity index (χ0) is 23.3. The van der Waals surface area contributed by atoms with Crippen LogP contribution in [-0.2, 0) is 4.74 Å². The summed E-state index contributed by atoms with van der Waals surface area (Å²) in [7, 11) is 0. The van der Waals surface area contributed by atoms with Gasteiger partial charge in [-0.3, -0.25) is 10.2 Å². The van der Waals surface area contributed by atoms with Crippen LogP contribution in [0.25, 0.3) is 0 Å². The van der Waals surface area contributed by atoms with E-state index in [1.165, 1.54) is 0 Å². The summed E-state index contributed by atoms with van der Waals surface area (Å²) in [5.74, 6) is -12.2. The molecule has 9 N–H and O–H groups in total. The largest absolute Gasteiger partial charge is 0.449 e. The summed E-state index contributed by atoms with van der Waals surface area (Å²) in [6.45, 7) is 3.45. The van der Waals surface area contributed by atoms with E-state index in [9.17, 15) is 54.4 Å². The molecule has 1 heterocycles. The predicted octanol–water partition coefficient (Wildman–Crippen LogP) is -1.72. The maximum absolute atomic E-state index is 14.6. The van der Waals surface area contributed by atoms with Gasteiger partial charge in [0.05, 0.1) is 6.61 Å². The van der Waals surface area contributed by atoms with Crippen molar-refractivity contribution in [2.24, 2.45) is 5.92 Å². The Hall–Kier alpha value is -1.82. The number of rotatable bonds is 4. The molecule has 0 bridgehead atoms. The number of hydrogen-bond donors (Lipinski definition) is 9. The highest BCUT2D eigenvalue weighted by Crippen LogP contribution is 2.53. The van der Waals surface area contributed by atoms with Crippen molar-refractivity contribution >= 4 is 29.2 Å². The number of nitrogens with zero attached hydrogens (tertiary/aromatic N) is 1. The number of halogens is 2. The molecule has 170 valence electrons. The number of nitrogens with one attached hydrogen (secondary N) is 1. The fraction of sp³-hybridized carbons (Fsp3) is 0.533. The van der Waals surface area contributed by atoms with Crippen LogP contribution in [0.15, 0.2) is 12.1 Å². The number of anilines is 2. The number of carbonyl (C=O) groups is 1. The van der Waals surface area contributed by atoms with E-state index in [0.717, 1.165) is 0 Å². The second-order valence-corrected chi connectivity index (χ2v) is 8.17. The van der Waals surface area contributed by atoms with Gasteiger partial charge in [0.25, 0.3) is 10.2 Å². The molecule has 0 aliphatic carbocycles. The van der Waals surface area contributed by atoms with E-state index in [1.54, 1.807) is 13.8 Å².